The summed E-state index contributed by atoms with van der Waals surface area (Å²) in [5.74, 6) is 0.527. The molecule has 0 aliphatic carbocycles. The van der Waals surface area contributed by atoms with Crippen LogP contribution >= 0.6 is 0 Å². The molecule has 4 aromatic rings. The smallest absolute Gasteiger partial charge is 0.253 e. The Morgan fingerprint density at radius 2 is 1.91 bits per heavy atom. The predicted octanol–water partition coefficient (Wildman–Crippen LogP) is 1.16. The topological polar surface area (TPSA) is 122 Å². The highest BCUT2D eigenvalue weighted by Crippen LogP contribution is 2.19. The molecule has 10 nitrogen and oxygen atoms in total. The van der Waals surface area contributed by atoms with Gasteiger partial charge in [0.2, 0.25) is 0 Å². The number of amides is 1. The molecule has 10 heteroatoms. The summed E-state index contributed by atoms with van der Waals surface area (Å²) < 4.78 is 1.89. The van der Waals surface area contributed by atoms with E-state index in [4.69, 9.17) is 5.73 Å². The minimum absolute atomic E-state index is 0.0989. The molecule has 1 aliphatic heterocycles. The number of pyridine rings is 1. The van der Waals surface area contributed by atoms with Gasteiger partial charge in [-0.3, -0.25) is 9.48 Å². The molecule has 3 N–H and O–H groups in total. The van der Waals surface area contributed by atoms with E-state index in [-0.39, 0.29) is 5.91 Å². The summed E-state index contributed by atoms with van der Waals surface area (Å²) in [7, 11) is 2.08. The van der Waals surface area contributed by atoms with E-state index in [1.807, 2.05) is 52.3 Å². The molecule has 5 rings (SSSR count). The minimum atomic E-state index is 0.0989. The standard InChI is InChI=1S/C22H25N9O/c1-29-6-8-30(9-7-29)22(32)17-4-2-15(3-5-17)13-31-14-16(12-24-31)10-18-11-19(23)25-21-20(18)26-28-27-21/h2-5,11-12,14H,6-10,13H2,1H3,(H3,23,25,26,27,28). The van der Waals surface area contributed by atoms with Crippen LogP contribution in [0.2, 0.25) is 0 Å². The molecular formula is C22H25N9O. The van der Waals surface area contributed by atoms with Crippen molar-refractivity contribution in [3.05, 3.63) is 65.0 Å². The summed E-state index contributed by atoms with van der Waals surface area (Å²) >= 11 is 0. The van der Waals surface area contributed by atoms with Gasteiger partial charge < -0.3 is 15.5 Å². The van der Waals surface area contributed by atoms with Gasteiger partial charge in [-0.1, -0.05) is 17.3 Å². The average Bonchev–Trinajstić information content (AvgIpc) is 3.44. The molecule has 1 saturated heterocycles. The minimum Gasteiger partial charge on any atom is -0.384 e. The molecule has 1 amide bonds. The van der Waals surface area contributed by atoms with Crippen molar-refractivity contribution in [1.82, 2.24) is 40.0 Å². The molecule has 0 bridgehead atoms. The van der Waals surface area contributed by atoms with Crippen LogP contribution in [0.3, 0.4) is 0 Å². The molecule has 0 radical (unpaired) electrons. The number of hydrogen-bond acceptors (Lipinski definition) is 7. The van der Waals surface area contributed by atoms with Crippen LogP contribution in [-0.2, 0) is 13.0 Å². The summed E-state index contributed by atoms with van der Waals surface area (Å²) in [6.07, 6.45) is 4.48. The van der Waals surface area contributed by atoms with Crippen molar-refractivity contribution in [2.24, 2.45) is 0 Å². The number of hydrogen-bond donors (Lipinski definition) is 2. The van der Waals surface area contributed by atoms with E-state index in [0.717, 1.165) is 48.4 Å². The number of rotatable bonds is 5. The Kier molecular flexibility index (Phi) is 5.28. The van der Waals surface area contributed by atoms with Crippen molar-refractivity contribution in [3.63, 3.8) is 0 Å². The molecule has 1 aromatic carbocycles. The molecule has 0 atom stereocenters. The number of benzene rings is 1. The summed E-state index contributed by atoms with van der Waals surface area (Å²) in [4.78, 5) is 21.1. The molecule has 0 unspecified atom stereocenters. The van der Waals surface area contributed by atoms with Crippen molar-refractivity contribution >= 4 is 22.9 Å². The molecule has 4 heterocycles. The van der Waals surface area contributed by atoms with Crippen LogP contribution in [0.15, 0.2) is 42.7 Å². The van der Waals surface area contributed by atoms with Crippen molar-refractivity contribution in [2.75, 3.05) is 39.0 Å². The number of piperazine rings is 1. The maximum Gasteiger partial charge on any atom is 0.253 e. The number of fused-ring (bicyclic) bond motifs is 1. The van der Waals surface area contributed by atoms with Gasteiger partial charge in [-0.25, -0.2) is 10.1 Å². The zero-order chi connectivity index (χ0) is 22.1. The van der Waals surface area contributed by atoms with Crippen LogP contribution in [-0.4, -0.2) is 79.1 Å². The number of nitrogens with one attached hydrogen (secondary N) is 1. The van der Waals surface area contributed by atoms with Gasteiger partial charge in [0.1, 0.15) is 11.3 Å². The Bertz CT molecular complexity index is 1240. The van der Waals surface area contributed by atoms with Crippen molar-refractivity contribution in [3.8, 4) is 0 Å². The summed E-state index contributed by atoms with van der Waals surface area (Å²) in [5.41, 5.74) is 11.0. The van der Waals surface area contributed by atoms with E-state index in [9.17, 15) is 4.79 Å². The van der Waals surface area contributed by atoms with E-state index in [0.29, 0.717) is 29.9 Å². The predicted molar refractivity (Wildman–Crippen MR) is 120 cm³/mol. The van der Waals surface area contributed by atoms with Crippen LogP contribution in [0.5, 0.6) is 0 Å². The first kappa shape index (κ1) is 20.1. The fourth-order valence-corrected chi connectivity index (χ4v) is 4.00. The summed E-state index contributed by atoms with van der Waals surface area (Å²) in [6, 6.07) is 9.61. The van der Waals surface area contributed by atoms with Crippen LogP contribution in [0.4, 0.5) is 5.82 Å². The summed E-state index contributed by atoms with van der Waals surface area (Å²) in [6.45, 7) is 4.01. The number of carbonyl (C=O) groups is 1. The average molecular weight is 432 g/mol. The van der Waals surface area contributed by atoms with E-state index < -0.39 is 0 Å². The lowest BCUT2D eigenvalue weighted by atomic mass is 10.1. The molecular weight excluding hydrogens is 406 g/mol. The third-order valence-corrected chi connectivity index (χ3v) is 5.81. The molecule has 1 fully saturated rings. The second-order valence-corrected chi connectivity index (χ2v) is 8.23. The fraction of sp³-hybridized carbons (Fsp3) is 0.318. The lowest BCUT2D eigenvalue weighted by Gasteiger charge is -2.32. The lowest BCUT2D eigenvalue weighted by molar-refractivity contribution is 0.0664. The number of H-pyrrole nitrogens is 1. The number of aromatic amines is 1. The number of likely N-dealkylation sites (N-methyl/N-ethyl adjacent to an activating group) is 1. The monoisotopic (exact) mass is 431 g/mol. The van der Waals surface area contributed by atoms with Gasteiger partial charge in [-0.05, 0) is 41.9 Å². The molecule has 0 spiro atoms. The SMILES string of the molecule is CN1CCN(C(=O)c2ccc(Cn3cc(Cc4cc(N)nc5[nH]nnc45)cn3)cc2)CC1. The first-order chi connectivity index (χ1) is 15.5. The number of aromatic nitrogens is 6. The Morgan fingerprint density at radius 3 is 2.69 bits per heavy atom. The molecule has 0 saturated carbocycles. The van der Waals surface area contributed by atoms with E-state index >= 15 is 0 Å². The van der Waals surface area contributed by atoms with Gasteiger partial charge in [0, 0.05) is 44.4 Å². The maximum atomic E-state index is 12.7. The number of nitrogen functional groups attached to an aromatic ring is 1. The highest BCUT2D eigenvalue weighted by atomic mass is 16.2. The van der Waals surface area contributed by atoms with Crippen LogP contribution < -0.4 is 5.73 Å². The Morgan fingerprint density at radius 1 is 1.12 bits per heavy atom. The van der Waals surface area contributed by atoms with E-state index in [2.05, 4.69) is 37.4 Å². The number of anilines is 1. The Balaban J connectivity index is 1.24. The van der Waals surface area contributed by atoms with Gasteiger partial charge in [0.05, 0.1) is 12.7 Å². The van der Waals surface area contributed by atoms with Crippen LogP contribution in [0.1, 0.15) is 27.0 Å². The van der Waals surface area contributed by atoms with Gasteiger partial charge >= 0.3 is 0 Å². The molecule has 1 aliphatic rings. The number of nitrogens with two attached hydrogens (primary N) is 1. The number of nitrogens with zero attached hydrogens (tertiary/aromatic N) is 7. The molecule has 3 aromatic heterocycles. The third-order valence-electron chi connectivity index (χ3n) is 5.81. The van der Waals surface area contributed by atoms with Crippen LogP contribution in [0, 0.1) is 0 Å². The largest absolute Gasteiger partial charge is 0.384 e. The van der Waals surface area contributed by atoms with Gasteiger partial charge in [-0.15, -0.1) is 5.10 Å². The normalized spacial score (nSPS) is 14.8. The fourth-order valence-electron chi connectivity index (χ4n) is 4.00. The van der Waals surface area contributed by atoms with Crippen molar-refractivity contribution in [2.45, 2.75) is 13.0 Å². The third kappa shape index (κ3) is 4.17. The lowest BCUT2D eigenvalue weighted by Crippen LogP contribution is -2.47. The first-order valence-corrected chi connectivity index (χ1v) is 10.6. The van der Waals surface area contributed by atoms with E-state index in [1.54, 1.807) is 0 Å². The van der Waals surface area contributed by atoms with Crippen LogP contribution in [0.25, 0.3) is 11.2 Å². The zero-order valence-corrected chi connectivity index (χ0v) is 17.9. The zero-order valence-electron chi connectivity index (χ0n) is 17.9. The quantitative estimate of drug-likeness (QED) is 0.486. The molecule has 164 valence electrons. The van der Waals surface area contributed by atoms with Gasteiger partial charge in [0.25, 0.3) is 5.91 Å². The van der Waals surface area contributed by atoms with Gasteiger partial charge in [0.15, 0.2) is 5.65 Å². The second kappa shape index (κ2) is 8.39. The maximum absolute atomic E-state index is 12.7. The first-order valence-electron chi connectivity index (χ1n) is 10.6. The van der Waals surface area contributed by atoms with Crippen molar-refractivity contribution in [1.29, 1.82) is 0 Å². The van der Waals surface area contributed by atoms with Gasteiger partial charge in [-0.2, -0.15) is 5.10 Å². The summed E-state index contributed by atoms with van der Waals surface area (Å²) in [5, 5.41) is 15.2. The number of carbonyl (C=O) groups excluding carboxylic acids is 1. The van der Waals surface area contributed by atoms with E-state index in [1.165, 1.54) is 0 Å². The molecule has 32 heavy (non-hydrogen) atoms. The Hall–Kier alpha value is -3.79. The highest BCUT2D eigenvalue weighted by Gasteiger charge is 2.20. The second-order valence-electron chi connectivity index (χ2n) is 8.23. The van der Waals surface area contributed by atoms with Crippen molar-refractivity contribution < 1.29 is 4.79 Å². The Labute approximate surface area is 185 Å². The highest BCUT2D eigenvalue weighted by molar-refractivity contribution is 5.94.